The van der Waals surface area contributed by atoms with Crippen LogP contribution in [0.1, 0.15) is 29.0 Å². The van der Waals surface area contributed by atoms with E-state index < -0.39 is 0 Å². The van der Waals surface area contributed by atoms with Crippen LogP contribution in [0, 0.1) is 0 Å². The number of methoxy groups -OCH3 is 1. The lowest BCUT2D eigenvalue weighted by Gasteiger charge is -2.17. The van der Waals surface area contributed by atoms with Crippen molar-refractivity contribution >= 4 is 0 Å². The van der Waals surface area contributed by atoms with Gasteiger partial charge in [-0.1, -0.05) is 18.2 Å². The van der Waals surface area contributed by atoms with E-state index in [4.69, 9.17) is 4.74 Å². The average Bonchev–Trinajstić information content (AvgIpc) is 2.75. The van der Waals surface area contributed by atoms with Crippen LogP contribution in [0.3, 0.4) is 0 Å². The number of aryl methyl sites for hydroxylation is 2. The molecule has 0 spiro atoms. The molecule has 1 aliphatic carbocycles. The normalized spacial score (nSPS) is 16.1. The molecule has 0 amide bonds. The lowest BCUT2D eigenvalue weighted by Crippen LogP contribution is -2.21. The number of rotatable bonds is 5. The molecular weight excluding hydrogens is 198 g/mol. The van der Waals surface area contributed by atoms with Gasteiger partial charge in [0, 0.05) is 19.6 Å². The second-order valence-electron chi connectivity index (χ2n) is 4.59. The zero-order valence-corrected chi connectivity index (χ0v) is 10.3. The Balaban J connectivity index is 2.17. The van der Waals surface area contributed by atoms with E-state index >= 15 is 0 Å². The first-order valence-corrected chi connectivity index (χ1v) is 6.10. The van der Waals surface area contributed by atoms with Crippen LogP contribution < -0.4 is 5.32 Å². The molecule has 1 aromatic carbocycles. The molecule has 1 aromatic rings. The van der Waals surface area contributed by atoms with Crippen molar-refractivity contribution in [3.63, 3.8) is 0 Å². The molecular formula is C14H21NO. The van der Waals surface area contributed by atoms with Crippen LogP contribution in [-0.4, -0.2) is 27.3 Å². The van der Waals surface area contributed by atoms with Gasteiger partial charge in [0.15, 0.2) is 0 Å². The highest BCUT2D eigenvalue weighted by molar-refractivity contribution is 5.36. The lowest BCUT2D eigenvalue weighted by atomic mass is 9.96. The van der Waals surface area contributed by atoms with Gasteiger partial charge < -0.3 is 10.1 Å². The van der Waals surface area contributed by atoms with Crippen molar-refractivity contribution in [2.45, 2.75) is 25.2 Å². The Morgan fingerprint density at radius 2 is 2.12 bits per heavy atom. The van der Waals surface area contributed by atoms with Gasteiger partial charge in [-0.2, -0.15) is 0 Å². The van der Waals surface area contributed by atoms with Crippen molar-refractivity contribution in [2.24, 2.45) is 0 Å². The van der Waals surface area contributed by atoms with Crippen LogP contribution in [0.4, 0.5) is 0 Å². The molecule has 1 atom stereocenters. The molecule has 88 valence electrons. The Bertz CT molecular complexity index is 343. The van der Waals surface area contributed by atoms with Crippen molar-refractivity contribution in [1.82, 2.24) is 5.32 Å². The van der Waals surface area contributed by atoms with Crippen LogP contribution in [-0.2, 0) is 17.6 Å². The minimum absolute atomic E-state index is 0.473. The summed E-state index contributed by atoms with van der Waals surface area (Å²) in [4.78, 5) is 0. The quantitative estimate of drug-likeness (QED) is 0.819. The summed E-state index contributed by atoms with van der Waals surface area (Å²) in [5.74, 6) is 0.473. The predicted molar refractivity (Wildman–Crippen MR) is 67.0 cm³/mol. The molecule has 0 bridgehead atoms. The van der Waals surface area contributed by atoms with Gasteiger partial charge in [-0.05, 0) is 43.0 Å². The van der Waals surface area contributed by atoms with Gasteiger partial charge in [0.2, 0.25) is 0 Å². The van der Waals surface area contributed by atoms with E-state index in [1.807, 2.05) is 7.05 Å². The topological polar surface area (TPSA) is 21.3 Å². The molecule has 2 nitrogen and oxygen atoms in total. The molecule has 0 saturated carbocycles. The number of hydrogen-bond donors (Lipinski definition) is 1. The number of hydrogen-bond acceptors (Lipinski definition) is 2. The second-order valence-corrected chi connectivity index (χ2v) is 4.59. The van der Waals surface area contributed by atoms with Gasteiger partial charge in [-0.15, -0.1) is 0 Å². The maximum Gasteiger partial charge on any atom is 0.0543 e. The largest absolute Gasteiger partial charge is 0.384 e. The molecule has 0 radical (unpaired) electrons. The molecule has 2 rings (SSSR count). The highest BCUT2D eigenvalue weighted by atomic mass is 16.5. The standard InChI is InChI=1S/C14H21NO/c1-15-9-14(10-16-2)13-7-6-11-4-3-5-12(11)8-13/h6-8,14-15H,3-5,9-10H2,1-2H3. The molecule has 0 heterocycles. The van der Waals surface area contributed by atoms with E-state index in [1.54, 1.807) is 18.2 Å². The second kappa shape index (κ2) is 5.46. The predicted octanol–water partition coefficient (Wildman–Crippen LogP) is 2.12. The number of fused-ring (bicyclic) bond motifs is 1. The number of likely N-dealkylation sites (N-methyl/N-ethyl adjacent to an activating group) is 1. The fourth-order valence-corrected chi connectivity index (χ4v) is 2.57. The maximum atomic E-state index is 5.29. The van der Waals surface area contributed by atoms with E-state index in [2.05, 4.69) is 23.5 Å². The minimum Gasteiger partial charge on any atom is -0.384 e. The van der Waals surface area contributed by atoms with Crippen molar-refractivity contribution in [3.05, 3.63) is 34.9 Å². The molecule has 0 aliphatic heterocycles. The Hall–Kier alpha value is -0.860. The van der Waals surface area contributed by atoms with E-state index in [-0.39, 0.29) is 0 Å². The van der Waals surface area contributed by atoms with Gasteiger partial charge in [0.05, 0.1) is 6.61 Å². The zero-order chi connectivity index (χ0) is 11.4. The van der Waals surface area contributed by atoms with Crippen LogP contribution in [0.25, 0.3) is 0 Å². The van der Waals surface area contributed by atoms with E-state index in [0.29, 0.717) is 5.92 Å². The van der Waals surface area contributed by atoms with Gasteiger partial charge >= 0.3 is 0 Å². The van der Waals surface area contributed by atoms with Crippen molar-refractivity contribution in [2.75, 3.05) is 27.3 Å². The molecule has 1 aliphatic rings. The SMILES string of the molecule is CNCC(COC)c1ccc2c(c1)CCC2. The third-order valence-corrected chi connectivity index (χ3v) is 3.41. The summed E-state index contributed by atoms with van der Waals surface area (Å²) < 4.78 is 5.29. The summed E-state index contributed by atoms with van der Waals surface area (Å²) in [6.07, 6.45) is 3.83. The molecule has 2 heteroatoms. The summed E-state index contributed by atoms with van der Waals surface area (Å²) >= 11 is 0. The van der Waals surface area contributed by atoms with Gasteiger partial charge in [-0.3, -0.25) is 0 Å². The molecule has 1 unspecified atom stereocenters. The summed E-state index contributed by atoms with van der Waals surface area (Å²) in [6.45, 7) is 1.77. The zero-order valence-electron chi connectivity index (χ0n) is 10.3. The highest BCUT2D eigenvalue weighted by Crippen LogP contribution is 2.26. The first-order valence-electron chi connectivity index (χ1n) is 6.10. The number of ether oxygens (including phenoxy) is 1. The van der Waals surface area contributed by atoms with Crippen molar-refractivity contribution in [3.8, 4) is 0 Å². The average molecular weight is 219 g/mol. The van der Waals surface area contributed by atoms with Crippen molar-refractivity contribution in [1.29, 1.82) is 0 Å². The summed E-state index contributed by atoms with van der Waals surface area (Å²) in [5.41, 5.74) is 4.51. The van der Waals surface area contributed by atoms with E-state index in [1.165, 1.54) is 24.8 Å². The minimum atomic E-state index is 0.473. The number of benzene rings is 1. The number of nitrogens with one attached hydrogen (secondary N) is 1. The van der Waals surface area contributed by atoms with Gasteiger partial charge in [0.25, 0.3) is 0 Å². The van der Waals surface area contributed by atoms with Gasteiger partial charge in [0.1, 0.15) is 0 Å². The molecule has 0 fully saturated rings. The lowest BCUT2D eigenvalue weighted by molar-refractivity contribution is 0.178. The smallest absolute Gasteiger partial charge is 0.0543 e. The Labute approximate surface area is 98.0 Å². The Kier molecular flexibility index (Phi) is 3.97. The van der Waals surface area contributed by atoms with Crippen molar-refractivity contribution < 1.29 is 4.74 Å². The van der Waals surface area contributed by atoms with Crippen LogP contribution in [0.5, 0.6) is 0 Å². The maximum absolute atomic E-state index is 5.29. The first kappa shape index (κ1) is 11.6. The van der Waals surface area contributed by atoms with Crippen LogP contribution >= 0.6 is 0 Å². The molecule has 1 N–H and O–H groups in total. The Morgan fingerprint density at radius 3 is 2.88 bits per heavy atom. The fourth-order valence-electron chi connectivity index (χ4n) is 2.57. The van der Waals surface area contributed by atoms with Gasteiger partial charge in [-0.25, -0.2) is 0 Å². The highest BCUT2D eigenvalue weighted by Gasteiger charge is 2.15. The first-order chi connectivity index (χ1) is 7.85. The Morgan fingerprint density at radius 1 is 1.31 bits per heavy atom. The summed E-state index contributed by atoms with van der Waals surface area (Å²) in [7, 11) is 3.77. The molecule has 0 saturated heterocycles. The third-order valence-electron chi connectivity index (χ3n) is 3.41. The molecule has 0 aromatic heterocycles. The third kappa shape index (κ3) is 2.45. The van der Waals surface area contributed by atoms with E-state index in [9.17, 15) is 0 Å². The summed E-state index contributed by atoms with van der Waals surface area (Å²) in [5, 5.41) is 3.24. The molecule has 16 heavy (non-hydrogen) atoms. The fraction of sp³-hybridized carbons (Fsp3) is 0.571. The monoisotopic (exact) mass is 219 g/mol. The van der Waals surface area contributed by atoms with Crippen LogP contribution in [0.2, 0.25) is 0 Å². The summed E-state index contributed by atoms with van der Waals surface area (Å²) in [6, 6.07) is 6.95. The van der Waals surface area contributed by atoms with E-state index in [0.717, 1.165) is 13.2 Å². The van der Waals surface area contributed by atoms with Crippen LogP contribution in [0.15, 0.2) is 18.2 Å².